The van der Waals surface area contributed by atoms with Crippen LogP contribution in [0.5, 0.6) is 0 Å². The number of pyridine rings is 1. The molecular weight excluding hydrogens is 244 g/mol. The van der Waals surface area contributed by atoms with Gasteiger partial charge in [-0.1, -0.05) is 43.3 Å². The average Bonchev–Trinajstić information content (AvgIpc) is 2.48. The summed E-state index contributed by atoms with van der Waals surface area (Å²) in [7, 11) is 0. The molecule has 0 saturated heterocycles. The Labute approximate surface area is 122 Å². The van der Waals surface area contributed by atoms with Crippen molar-refractivity contribution >= 4 is 0 Å². The lowest BCUT2D eigenvalue weighted by molar-refractivity contribution is 0.485. The van der Waals surface area contributed by atoms with Crippen molar-refractivity contribution in [3.63, 3.8) is 0 Å². The average molecular weight is 268 g/mol. The number of benzene rings is 1. The second kappa shape index (κ2) is 7.81. The van der Waals surface area contributed by atoms with E-state index in [-0.39, 0.29) is 0 Å². The molecule has 1 aromatic carbocycles. The maximum absolute atomic E-state index is 4.56. The molecule has 0 radical (unpaired) electrons. The Morgan fingerprint density at radius 1 is 1.10 bits per heavy atom. The number of nitrogens with zero attached hydrogens (tertiary/aromatic N) is 1. The number of aryl methyl sites for hydroxylation is 2. The third kappa shape index (κ3) is 4.17. The van der Waals surface area contributed by atoms with E-state index in [1.807, 2.05) is 12.3 Å². The quantitative estimate of drug-likeness (QED) is 0.819. The van der Waals surface area contributed by atoms with Crippen molar-refractivity contribution in [1.82, 2.24) is 10.3 Å². The first kappa shape index (κ1) is 14.7. The summed E-state index contributed by atoms with van der Waals surface area (Å²) in [4.78, 5) is 4.56. The summed E-state index contributed by atoms with van der Waals surface area (Å²) in [5, 5.41) is 3.56. The maximum Gasteiger partial charge on any atom is 0.0602 e. The molecule has 1 aromatic heterocycles. The molecular formula is C18H24N2. The normalized spacial score (nSPS) is 12.3. The molecule has 0 aliphatic heterocycles. The molecule has 0 bridgehead atoms. The predicted molar refractivity (Wildman–Crippen MR) is 84.8 cm³/mol. The van der Waals surface area contributed by atoms with Gasteiger partial charge in [0.15, 0.2) is 0 Å². The monoisotopic (exact) mass is 268 g/mol. The van der Waals surface area contributed by atoms with Crippen LogP contribution in [0.4, 0.5) is 0 Å². The summed E-state index contributed by atoms with van der Waals surface area (Å²) in [6.45, 7) is 5.28. The van der Waals surface area contributed by atoms with Crippen LogP contribution in [0.3, 0.4) is 0 Å². The van der Waals surface area contributed by atoms with Crippen molar-refractivity contribution in [3.8, 4) is 0 Å². The van der Waals surface area contributed by atoms with E-state index in [4.69, 9.17) is 0 Å². The van der Waals surface area contributed by atoms with Crippen LogP contribution in [0.2, 0.25) is 0 Å². The Kier molecular flexibility index (Phi) is 5.75. The fourth-order valence-electron chi connectivity index (χ4n) is 2.60. The molecule has 0 saturated carbocycles. The van der Waals surface area contributed by atoms with Gasteiger partial charge < -0.3 is 5.32 Å². The Morgan fingerprint density at radius 3 is 2.60 bits per heavy atom. The van der Waals surface area contributed by atoms with Gasteiger partial charge in [-0.15, -0.1) is 0 Å². The van der Waals surface area contributed by atoms with E-state index in [0.29, 0.717) is 6.04 Å². The van der Waals surface area contributed by atoms with Crippen molar-refractivity contribution in [2.75, 3.05) is 6.54 Å². The largest absolute Gasteiger partial charge is 0.309 e. The summed E-state index contributed by atoms with van der Waals surface area (Å²) < 4.78 is 0. The molecule has 2 rings (SSSR count). The van der Waals surface area contributed by atoms with Crippen LogP contribution in [0.1, 0.15) is 42.6 Å². The van der Waals surface area contributed by atoms with Crippen LogP contribution in [0, 0.1) is 6.92 Å². The van der Waals surface area contributed by atoms with Crippen LogP contribution in [-0.2, 0) is 6.42 Å². The first-order valence-corrected chi connectivity index (χ1v) is 7.50. The van der Waals surface area contributed by atoms with Gasteiger partial charge in [0, 0.05) is 12.2 Å². The van der Waals surface area contributed by atoms with Gasteiger partial charge in [-0.05, 0) is 49.9 Å². The number of rotatable bonds is 7. The first-order chi connectivity index (χ1) is 9.81. The van der Waals surface area contributed by atoms with Crippen molar-refractivity contribution in [2.24, 2.45) is 0 Å². The Bertz CT molecular complexity index is 508. The molecule has 2 aromatic rings. The fraction of sp³-hybridized carbons (Fsp3) is 0.389. The van der Waals surface area contributed by atoms with Crippen molar-refractivity contribution < 1.29 is 0 Å². The highest BCUT2D eigenvalue weighted by Gasteiger charge is 2.13. The smallest absolute Gasteiger partial charge is 0.0602 e. The van der Waals surface area contributed by atoms with E-state index in [1.165, 1.54) is 23.2 Å². The van der Waals surface area contributed by atoms with Crippen LogP contribution in [0.15, 0.2) is 48.7 Å². The zero-order valence-electron chi connectivity index (χ0n) is 12.5. The molecule has 2 nitrogen and oxygen atoms in total. The molecule has 2 heteroatoms. The molecule has 1 heterocycles. The zero-order chi connectivity index (χ0) is 14.2. The third-order valence-corrected chi connectivity index (χ3v) is 3.63. The minimum absolute atomic E-state index is 0.366. The lowest BCUT2D eigenvalue weighted by atomic mass is 10.00. The standard InChI is InChI=1S/C18H24N2/c1-3-19-17(18-15(2)9-8-14-20-18)13-7-12-16-10-5-4-6-11-16/h4-6,8-11,14,17,19H,3,7,12-13H2,1-2H3. The minimum Gasteiger partial charge on any atom is -0.309 e. The van der Waals surface area contributed by atoms with Gasteiger partial charge in [-0.2, -0.15) is 0 Å². The second-order valence-electron chi connectivity index (χ2n) is 5.19. The molecule has 1 N–H and O–H groups in total. The highest BCUT2D eigenvalue weighted by molar-refractivity contribution is 5.21. The number of hydrogen-bond donors (Lipinski definition) is 1. The molecule has 0 fully saturated rings. The molecule has 0 amide bonds. The SMILES string of the molecule is CCNC(CCCc1ccccc1)c1ncccc1C. The molecule has 0 aliphatic rings. The Morgan fingerprint density at radius 2 is 1.90 bits per heavy atom. The highest BCUT2D eigenvalue weighted by atomic mass is 14.9. The van der Waals surface area contributed by atoms with Crippen LogP contribution >= 0.6 is 0 Å². The van der Waals surface area contributed by atoms with E-state index >= 15 is 0 Å². The third-order valence-electron chi connectivity index (χ3n) is 3.63. The minimum atomic E-state index is 0.366. The van der Waals surface area contributed by atoms with E-state index in [1.54, 1.807) is 0 Å². The fourth-order valence-corrected chi connectivity index (χ4v) is 2.60. The summed E-state index contributed by atoms with van der Waals surface area (Å²) in [5.41, 5.74) is 3.89. The molecule has 106 valence electrons. The molecule has 0 spiro atoms. The van der Waals surface area contributed by atoms with Gasteiger partial charge in [0.05, 0.1) is 5.69 Å². The Balaban J connectivity index is 1.95. The number of nitrogens with one attached hydrogen (secondary N) is 1. The van der Waals surface area contributed by atoms with Crippen LogP contribution in [-0.4, -0.2) is 11.5 Å². The van der Waals surface area contributed by atoms with Gasteiger partial charge in [0.1, 0.15) is 0 Å². The highest BCUT2D eigenvalue weighted by Crippen LogP contribution is 2.20. The maximum atomic E-state index is 4.56. The topological polar surface area (TPSA) is 24.9 Å². The molecule has 0 aliphatic carbocycles. The number of aromatic nitrogens is 1. The number of hydrogen-bond acceptors (Lipinski definition) is 2. The van der Waals surface area contributed by atoms with E-state index in [0.717, 1.165) is 19.4 Å². The lowest BCUT2D eigenvalue weighted by Gasteiger charge is -2.19. The van der Waals surface area contributed by atoms with Crippen molar-refractivity contribution in [3.05, 3.63) is 65.5 Å². The van der Waals surface area contributed by atoms with E-state index < -0.39 is 0 Å². The molecule has 1 unspecified atom stereocenters. The second-order valence-corrected chi connectivity index (χ2v) is 5.19. The zero-order valence-corrected chi connectivity index (χ0v) is 12.5. The summed E-state index contributed by atoms with van der Waals surface area (Å²) in [5.74, 6) is 0. The van der Waals surface area contributed by atoms with Gasteiger partial charge >= 0.3 is 0 Å². The molecule has 20 heavy (non-hydrogen) atoms. The molecule has 1 atom stereocenters. The van der Waals surface area contributed by atoms with Crippen molar-refractivity contribution in [2.45, 2.75) is 39.2 Å². The Hall–Kier alpha value is -1.67. The van der Waals surface area contributed by atoms with Crippen molar-refractivity contribution in [1.29, 1.82) is 0 Å². The summed E-state index contributed by atoms with van der Waals surface area (Å²) in [6, 6.07) is 15.2. The van der Waals surface area contributed by atoms with Gasteiger partial charge in [0.2, 0.25) is 0 Å². The first-order valence-electron chi connectivity index (χ1n) is 7.50. The summed E-state index contributed by atoms with van der Waals surface area (Å²) >= 11 is 0. The lowest BCUT2D eigenvalue weighted by Crippen LogP contribution is -2.22. The van der Waals surface area contributed by atoms with Gasteiger partial charge in [-0.25, -0.2) is 0 Å². The summed E-state index contributed by atoms with van der Waals surface area (Å²) in [6.07, 6.45) is 5.33. The van der Waals surface area contributed by atoms with E-state index in [2.05, 4.69) is 60.5 Å². The predicted octanol–water partition coefficient (Wildman–Crippen LogP) is 4.06. The van der Waals surface area contributed by atoms with Crippen LogP contribution < -0.4 is 5.32 Å². The van der Waals surface area contributed by atoms with Gasteiger partial charge in [0.25, 0.3) is 0 Å². The van der Waals surface area contributed by atoms with Gasteiger partial charge in [-0.3, -0.25) is 4.98 Å². The van der Waals surface area contributed by atoms with Crippen LogP contribution in [0.25, 0.3) is 0 Å². The van der Waals surface area contributed by atoms with E-state index in [9.17, 15) is 0 Å².